The average molecular weight is 453 g/mol. The Balaban J connectivity index is 1.73. The van der Waals surface area contributed by atoms with E-state index >= 15 is 0 Å². The highest BCUT2D eigenvalue weighted by atomic mass is 16.6. The Morgan fingerprint density at radius 3 is 2.42 bits per heavy atom. The Morgan fingerprint density at radius 2 is 1.79 bits per heavy atom. The average Bonchev–Trinajstić information content (AvgIpc) is 2.77. The number of fused-ring (bicyclic) bond motifs is 1. The summed E-state index contributed by atoms with van der Waals surface area (Å²) in [7, 11) is 1.30. The van der Waals surface area contributed by atoms with Gasteiger partial charge in [0.1, 0.15) is 16.9 Å². The Kier molecular flexibility index (Phi) is 7.50. The number of rotatable bonds is 7. The molecule has 8 nitrogen and oxygen atoms in total. The van der Waals surface area contributed by atoms with Crippen molar-refractivity contribution >= 4 is 23.0 Å². The maximum atomic E-state index is 12.2. The minimum atomic E-state index is -0.622. The number of nitrogens with one attached hydrogen (secondary N) is 1. The number of methoxy groups -OCH3 is 1. The van der Waals surface area contributed by atoms with Gasteiger partial charge >= 0.3 is 12.1 Å². The topological polar surface area (TPSA) is 107 Å². The Morgan fingerprint density at radius 1 is 1.09 bits per heavy atom. The lowest BCUT2D eigenvalue weighted by atomic mass is 10.1. The number of carbonyl (C=O) groups excluding carboxylic acids is 2. The number of para-hydroxylation sites is 1. The van der Waals surface area contributed by atoms with E-state index in [9.17, 15) is 14.7 Å². The van der Waals surface area contributed by atoms with Gasteiger partial charge in [0, 0.05) is 5.39 Å². The quantitative estimate of drug-likeness (QED) is 0.516. The predicted octanol–water partition coefficient (Wildman–Crippen LogP) is 4.24. The summed E-state index contributed by atoms with van der Waals surface area (Å²) in [5.41, 5.74) is 1.17. The SMILES string of the molecule is COC(=O)c1cc2ccccc2nc1Oc1ccc(C[C@@H](CO)NC(=O)OC(C)(C)C)cc1. The Bertz CT molecular complexity index is 1120. The molecule has 2 N–H and O–H groups in total. The van der Waals surface area contributed by atoms with Crippen LogP contribution >= 0.6 is 0 Å². The van der Waals surface area contributed by atoms with E-state index in [1.165, 1.54) is 7.11 Å². The molecule has 1 amide bonds. The minimum Gasteiger partial charge on any atom is -0.465 e. The number of hydrogen-bond donors (Lipinski definition) is 2. The van der Waals surface area contributed by atoms with Crippen molar-refractivity contribution in [2.75, 3.05) is 13.7 Å². The molecule has 2 aromatic carbocycles. The maximum Gasteiger partial charge on any atom is 0.407 e. The Hall–Kier alpha value is -3.65. The summed E-state index contributed by atoms with van der Waals surface area (Å²) in [6.07, 6.45) is -0.184. The molecule has 174 valence electrons. The second-order valence-electron chi connectivity index (χ2n) is 8.50. The fraction of sp³-hybridized carbons (Fsp3) is 0.320. The highest BCUT2D eigenvalue weighted by molar-refractivity contribution is 5.96. The molecule has 0 fully saturated rings. The number of esters is 1. The first-order valence-electron chi connectivity index (χ1n) is 10.5. The van der Waals surface area contributed by atoms with Crippen LogP contribution in [0.3, 0.4) is 0 Å². The third kappa shape index (κ3) is 6.66. The Labute approximate surface area is 192 Å². The summed E-state index contributed by atoms with van der Waals surface area (Å²) in [6, 6.07) is 15.7. The number of aliphatic hydroxyl groups excluding tert-OH is 1. The van der Waals surface area contributed by atoms with Gasteiger partial charge in [-0.25, -0.2) is 14.6 Å². The fourth-order valence-electron chi connectivity index (χ4n) is 3.16. The van der Waals surface area contributed by atoms with Crippen LogP contribution < -0.4 is 10.1 Å². The van der Waals surface area contributed by atoms with E-state index in [0.717, 1.165) is 10.9 Å². The highest BCUT2D eigenvalue weighted by Crippen LogP contribution is 2.28. The van der Waals surface area contributed by atoms with Gasteiger partial charge in [0.15, 0.2) is 0 Å². The summed E-state index contributed by atoms with van der Waals surface area (Å²) >= 11 is 0. The summed E-state index contributed by atoms with van der Waals surface area (Å²) in [4.78, 5) is 28.7. The molecule has 3 aromatic rings. The highest BCUT2D eigenvalue weighted by Gasteiger charge is 2.20. The van der Waals surface area contributed by atoms with Crippen molar-refractivity contribution in [2.24, 2.45) is 0 Å². The van der Waals surface area contributed by atoms with Crippen molar-refractivity contribution in [1.82, 2.24) is 10.3 Å². The molecule has 0 saturated carbocycles. The van der Waals surface area contributed by atoms with Crippen LogP contribution in [0.25, 0.3) is 10.9 Å². The molecule has 0 aliphatic carbocycles. The number of aromatic nitrogens is 1. The second-order valence-corrected chi connectivity index (χ2v) is 8.50. The molecule has 0 saturated heterocycles. The molecule has 0 spiro atoms. The van der Waals surface area contributed by atoms with Crippen molar-refractivity contribution in [3.05, 3.63) is 65.7 Å². The number of amides is 1. The number of aliphatic hydroxyl groups is 1. The van der Waals surface area contributed by atoms with Crippen molar-refractivity contribution in [3.8, 4) is 11.6 Å². The molecule has 3 rings (SSSR count). The van der Waals surface area contributed by atoms with Gasteiger partial charge in [-0.15, -0.1) is 0 Å². The van der Waals surface area contributed by atoms with Crippen LogP contribution in [-0.2, 0) is 15.9 Å². The van der Waals surface area contributed by atoms with Crippen LogP contribution in [0.2, 0.25) is 0 Å². The molecule has 1 atom stereocenters. The van der Waals surface area contributed by atoms with E-state index < -0.39 is 23.7 Å². The standard InChI is InChI=1S/C25H28N2O6/c1-25(2,3)33-24(30)26-18(15-28)13-16-9-11-19(12-10-16)32-22-20(23(29)31-4)14-17-7-5-6-8-21(17)27-22/h5-12,14,18,28H,13,15H2,1-4H3,(H,26,30)/t18-/m0/s1. The van der Waals surface area contributed by atoms with Gasteiger partial charge in [0.05, 0.1) is 25.3 Å². The molecule has 0 aliphatic rings. The van der Waals surface area contributed by atoms with E-state index in [-0.39, 0.29) is 18.1 Å². The fourth-order valence-corrected chi connectivity index (χ4v) is 3.16. The summed E-state index contributed by atoms with van der Waals surface area (Å²) in [5, 5.41) is 13.1. The number of pyridine rings is 1. The predicted molar refractivity (Wildman–Crippen MR) is 124 cm³/mol. The van der Waals surface area contributed by atoms with Crippen LogP contribution in [0.5, 0.6) is 11.6 Å². The van der Waals surface area contributed by atoms with Crippen LogP contribution in [0, 0.1) is 0 Å². The van der Waals surface area contributed by atoms with E-state index in [0.29, 0.717) is 17.7 Å². The molecule has 0 bridgehead atoms. The lowest BCUT2D eigenvalue weighted by Gasteiger charge is -2.22. The number of nitrogens with zero attached hydrogens (tertiary/aromatic N) is 1. The molecule has 0 aliphatic heterocycles. The molecular weight excluding hydrogens is 424 g/mol. The van der Waals surface area contributed by atoms with Crippen molar-refractivity contribution < 1.29 is 28.9 Å². The number of ether oxygens (including phenoxy) is 3. The first-order valence-corrected chi connectivity index (χ1v) is 10.5. The van der Waals surface area contributed by atoms with Gasteiger partial charge in [0.2, 0.25) is 5.88 Å². The zero-order valence-corrected chi connectivity index (χ0v) is 19.1. The number of alkyl carbamates (subject to hydrolysis) is 1. The molecule has 1 aromatic heterocycles. The molecule has 8 heteroatoms. The second kappa shape index (κ2) is 10.3. The van der Waals surface area contributed by atoms with Gasteiger partial charge in [-0.2, -0.15) is 0 Å². The summed E-state index contributed by atoms with van der Waals surface area (Å²) < 4.78 is 16.0. The van der Waals surface area contributed by atoms with Crippen LogP contribution in [0.1, 0.15) is 36.7 Å². The van der Waals surface area contributed by atoms with Crippen LogP contribution in [0.15, 0.2) is 54.6 Å². The number of benzene rings is 2. The zero-order chi connectivity index (χ0) is 24.0. The first-order chi connectivity index (χ1) is 15.7. The lowest BCUT2D eigenvalue weighted by Crippen LogP contribution is -2.42. The smallest absolute Gasteiger partial charge is 0.407 e. The largest absolute Gasteiger partial charge is 0.465 e. The van der Waals surface area contributed by atoms with Crippen LogP contribution in [0.4, 0.5) is 4.79 Å². The van der Waals surface area contributed by atoms with E-state index in [2.05, 4.69) is 10.3 Å². The number of carbonyl (C=O) groups is 2. The van der Waals surface area contributed by atoms with E-state index in [1.807, 2.05) is 36.4 Å². The number of hydrogen-bond acceptors (Lipinski definition) is 7. The van der Waals surface area contributed by atoms with E-state index in [1.54, 1.807) is 39.0 Å². The van der Waals surface area contributed by atoms with Gasteiger partial charge in [-0.1, -0.05) is 30.3 Å². The summed E-state index contributed by atoms with van der Waals surface area (Å²) in [6.45, 7) is 5.08. The first kappa shape index (κ1) is 24.0. The normalized spacial score (nSPS) is 12.2. The van der Waals surface area contributed by atoms with Crippen molar-refractivity contribution in [1.29, 1.82) is 0 Å². The third-order valence-electron chi connectivity index (χ3n) is 4.66. The maximum absolute atomic E-state index is 12.2. The summed E-state index contributed by atoms with van der Waals surface area (Å²) in [5.74, 6) is 0.0827. The van der Waals surface area contributed by atoms with Gasteiger partial charge < -0.3 is 24.6 Å². The molecule has 1 heterocycles. The van der Waals surface area contributed by atoms with Crippen molar-refractivity contribution in [3.63, 3.8) is 0 Å². The van der Waals surface area contributed by atoms with E-state index in [4.69, 9.17) is 14.2 Å². The molecule has 0 unspecified atom stereocenters. The third-order valence-corrected chi connectivity index (χ3v) is 4.66. The monoisotopic (exact) mass is 452 g/mol. The molecule has 33 heavy (non-hydrogen) atoms. The molecule has 0 radical (unpaired) electrons. The van der Waals surface area contributed by atoms with Gasteiger partial charge in [-0.05, 0) is 57.0 Å². The van der Waals surface area contributed by atoms with Crippen LogP contribution in [-0.4, -0.2) is 47.5 Å². The van der Waals surface area contributed by atoms with Crippen molar-refractivity contribution in [2.45, 2.75) is 38.8 Å². The van der Waals surface area contributed by atoms with Gasteiger partial charge in [0.25, 0.3) is 0 Å². The zero-order valence-electron chi connectivity index (χ0n) is 19.1. The lowest BCUT2D eigenvalue weighted by molar-refractivity contribution is 0.0482. The van der Waals surface area contributed by atoms with Gasteiger partial charge in [-0.3, -0.25) is 0 Å². The minimum absolute atomic E-state index is 0.146. The molecular formula is C25H28N2O6.